The molecule has 118 valence electrons. The smallest absolute Gasteiger partial charge is 0.0252 e. The van der Waals surface area contributed by atoms with E-state index in [1.807, 2.05) is 0 Å². The second-order valence-corrected chi connectivity index (χ2v) is 8.99. The zero-order valence-electron chi connectivity index (χ0n) is 14.6. The quantitative estimate of drug-likeness (QED) is 0.843. The molecule has 2 nitrogen and oxygen atoms in total. The molecule has 1 aliphatic carbocycles. The van der Waals surface area contributed by atoms with Gasteiger partial charge in [-0.3, -0.25) is 4.90 Å². The molecule has 2 aliphatic rings. The number of nitrogens with one attached hydrogen (secondary N) is 1. The fourth-order valence-electron chi connectivity index (χ4n) is 4.27. The Bertz CT molecular complexity index is 316. The molecule has 3 unspecified atom stereocenters. The number of rotatable bonds is 3. The van der Waals surface area contributed by atoms with Crippen molar-refractivity contribution in [3.05, 3.63) is 0 Å². The fourth-order valence-corrected chi connectivity index (χ4v) is 4.27. The highest BCUT2D eigenvalue weighted by Gasteiger charge is 2.41. The molecule has 1 aliphatic heterocycles. The van der Waals surface area contributed by atoms with Gasteiger partial charge in [-0.2, -0.15) is 0 Å². The van der Waals surface area contributed by atoms with Gasteiger partial charge in [0, 0.05) is 18.6 Å². The number of hydrogen-bond acceptors (Lipinski definition) is 2. The Balaban J connectivity index is 2.07. The van der Waals surface area contributed by atoms with E-state index in [2.05, 4.69) is 51.8 Å². The first-order valence-electron chi connectivity index (χ1n) is 8.70. The summed E-state index contributed by atoms with van der Waals surface area (Å²) in [5, 5.41) is 3.77. The fraction of sp³-hybridized carbons (Fsp3) is 1.00. The Labute approximate surface area is 126 Å². The highest BCUT2D eigenvalue weighted by atomic mass is 15.2. The van der Waals surface area contributed by atoms with Gasteiger partial charge in [-0.1, -0.05) is 41.5 Å². The van der Waals surface area contributed by atoms with Crippen LogP contribution in [0.2, 0.25) is 0 Å². The lowest BCUT2D eigenvalue weighted by Gasteiger charge is -2.46. The van der Waals surface area contributed by atoms with Gasteiger partial charge in [0.15, 0.2) is 0 Å². The van der Waals surface area contributed by atoms with Gasteiger partial charge in [-0.15, -0.1) is 0 Å². The third kappa shape index (κ3) is 3.76. The van der Waals surface area contributed by atoms with E-state index in [-0.39, 0.29) is 0 Å². The van der Waals surface area contributed by atoms with Crippen LogP contribution in [0, 0.1) is 16.7 Å². The molecule has 3 atom stereocenters. The first-order chi connectivity index (χ1) is 9.23. The Morgan fingerprint density at radius 2 is 1.90 bits per heavy atom. The molecule has 0 aromatic carbocycles. The minimum absolute atomic E-state index is 0.463. The van der Waals surface area contributed by atoms with Crippen LogP contribution in [-0.4, -0.2) is 36.6 Å². The van der Waals surface area contributed by atoms with Crippen molar-refractivity contribution in [2.24, 2.45) is 16.7 Å². The summed E-state index contributed by atoms with van der Waals surface area (Å²) in [6.07, 6.45) is 5.51. The average Bonchev–Trinajstić information content (AvgIpc) is 2.69. The van der Waals surface area contributed by atoms with Crippen LogP contribution in [0.25, 0.3) is 0 Å². The lowest BCUT2D eigenvalue weighted by molar-refractivity contribution is 0.0668. The molecule has 0 spiro atoms. The largest absolute Gasteiger partial charge is 0.313 e. The van der Waals surface area contributed by atoms with Gasteiger partial charge < -0.3 is 5.32 Å². The second-order valence-electron chi connectivity index (χ2n) is 8.99. The predicted molar refractivity (Wildman–Crippen MR) is 88.0 cm³/mol. The van der Waals surface area contributed by atoms with Crippen molar-refractivity contribution in [1.82, 2.24) is 10.2 Å². The van der Waals surface area contributed by atoms with Crippen molar-refractivity contribution >= 4 is 0 Å². The Morgan fingerprint density at radius 3 is 2.40 bits per heavy atom. The molecule has 1 saturated heterocycles. The van der Waals surface area contributed by atoms with Gasteiger partial charge in [0.25, 0.3) is 0 Å². The molecule has 0 amide bonds. The highest BCUT2D eigenvalue weighted by Crippen LogP contribution is 2.41. The summed E-state index contributed by atoms with van der Waals surface area (Å²) in [4.78, 5) is 2.80. The molecule has 2 heteroatoms. The monoisotopic (exact) mass is 280 g/mol. The van der Waals surface area contributed by atoms with Gasteiger partial charge in [-0.05, 0) is 55.5 Å². The molecule has 1 saturated carbocycles. The van der Waals surface area contributed by atoms with Crippen molar-refractivity contribution in [1.29, 1.82) is 0 Å². The predicted octanol–water partition coefficient (Wildman–Crippen LogP) is 3.91. The third-order valence-corrected chi connectivity index (χ3v) is 5.68. The van der Waals surface area contributed by atoms with Crippen LogP contribution in [0.15, 0.2) is 0 Å². The Kier molecular flexibility index (Phi) is 4.86. The zero-order chi connectivity index (χ0) is 15.0. The summed E-state index contributed by atoms with van der Waals surface area (Å²) >= 11 is 0. The molecule has 1 heterocycles. The van der Waals surface area contributed by atoms with Gasteiger partial charge in [0.1, 0.15) is 0 Å². The SMILES string of the molecule is CCNC1CCC(C(C)(C)C)CC1N1CCC(C)(C)C1. The van der Waals surface area contributed by atoms with Crippen molar-refractivity contribution in [3.8, 4) is 0 Å². The first kappa shape index (κ1) is 16.3. The van der Waals surface area contributed by atoms with Gasteiger partial charge >= 0.3 is 0 Å². The molecule has 20 heavy (non-hydrogen) atoms. The van der Waals surface area contributed by atoms with Crippen molar-refractivity contribution in [2.45, 2.75) is 79.3 Å². The molecule has 2 rings (SSSR count). The van der Waals surface area contributed by atoms with Crippen molar-refractivity contribution in [3.63, 3.8) is 0 Å². The lowest BCUT2D eigenvalue weighted by atomic mass is 9.69. The summed E-state index contributed by atoms with van der Waals surface area (Å²) in [6.45, 7) is 18.1. The maximum atomic E-state index is 3.77. The normalized spacial score (nSPS) is 35.4. The first-order valence-corrected chi connectivity index (χ1v) is 8.70. The van der Waals surface area contributed by atoms with Crippen LogP contribution in [0.1, 0.15) is 67.2 Å². The molecule has 0 aromatic rings. The molecule has 0 aromatic heterocycles. The van der Waals surface area contributed by atoms with Crippen LogP contribution in [0.3, 0.4) is 0 Å². The minimum Gasteiger partial charge on any atom is -0.313 e. The van der Waals surface area contributed by atoms with E-state index in [0.29, 0.717) is 16.9 Å². The van der Waals surface area contributed by atoms with Crippen LogP contribution < -0.4 is 5.32 Å². The standard InChI is InChI=1S/C18H36N2/c1-7-19-15-9-8-14(17(2,3)4)12-16(15)20-11-10-18(5,6)13-20/h14-16,19H,7-13H2,1-6H3. The van der Waals surface area contributed by atoms with Gasteiger partial charge in [-0.25, -0.2) is 0 Å². The number of likely N-dealkylation sites (tertiary alicyclic amines) is 1. The summed E-state index contributed by atoms with van der Waals surface area (Å²) in [7, 11) is 0. The van der Waals surface area contributed by atoms with Crippen molar-refractivity contribution < 1.29 is 0 Å². The van der Waals surface area contributed by atoms with Gasteiger partial charge in [0.05, 0.1) is 0 Å². The van der Waals surface area contributed by atoms with E-state index >= 15 is 0 Å². The molecule has 2 fully saturated rings. The highest BCUT2D eigenvalue weighted by molar-refractivity contribution is 4.97. The Morgan fingerprint density at radius 1 is 1.20 bits per heavy atom. The van der Waals surface area contributed by atoms with Crippen LogP contribution in [0.5, 0.6) is 0 Å². The maximum Gasteiger partial charge on any atom is 0.0252 e. The second kappa shape index (κ2) is 5.96. The molecule has 1 N–H and O–H groups in total. The molecular formula is C18H36N2. The van der Waals surface area contributed by atoms with Crippen LogP contribution >= 0.6 is 0 Å². The molecule has 0 bridgehead atoms. The summed E-state index contributed by atoms with van der Waals surface area (Å²) in [5.41, 5.74) is 0.982. The topological polar surface area (TPSA) is 15.3 Å². The number of nitrogens with zero attached hydrogens (tertiary/aromatic N) is 1. The maximum absolute atomic E-state index is 3.77. The summed E-state index contributed by atoms with van der Waals surface area (Å²) in [5.74, 6) is 0.881. The van der Waals surface area contributed by atoms with E-state index in [0.717, 1.165) is 18.5 Å². The van der Waals surface area contributed by atoms with E-state index in [9.17, 15) is 0 Å². The van der Waals surface area contributed by atoms with Crippen molar-refractivity contribution in [2.75, 3.05) is 19.6 Å². The molecular weight excluding hydrogens is 244 g/mol. The minimum atomic E-state index is 0.463. The average molecular weight is 280 g/mol. The Hall–Kier alpha value is -0.0800. The zero-order valence-corrected chi connectivity index (χ0v) is 14.6. The number of hydrogen-bond donors (Lipinski definition) is 1. The van der Waals surface area contributed by atoms with E-state index < -0.39 is 0 Å². The van der Waals surface area contributed by atoms with Crippen LogP contribution in [0.4, 0.5) is 0 Å². The van der Waals surface area contributed by atoms with Crippen LogP contribution in [-0.2, 0) is 0 Å². The van der Waals surface area contributed by atoms with E-state index in [1.54, 1.807) is 0 Å². The lowest BCUT2D eigenvalue weighted by Crippen LogP contribution is -2.54. The third-order valence-electron chi connectivity index (χ3n) is 5.68. The summed E-state index contributed by atoms with van der Waals surface area (Å²) in [6, 6.07) is 1.47. The van der Waals surface area contributed by atoms with E-state index in [4.69, 9.17) is 0 Å². The molecule has 0 radical (unpaired) electrons. The summed E-state index contributed by atoms with van der Waals surface area (Å²) < 4.78 is 0. The van der Waals surface area contributed by atoms with E-state index in [1.165, 1.54) is 38.8 Å². The number of likely N-dealkylation sites (N-methyl/N-ethyl adjacent to an activating group) is 1. The van der Waals surface area contributed by atoms with Gasteiger partial charge in [0.2, 0.25) is 0 Å².